The van der Waals surface area contributed by atoms with Crippen molar-refractivity contribution in [2.75, 3.05) is 19.7 Å². The summed E-state index contributed by atoms with van der Waals surface area (Å²) < 4.78 is 6.91. The highest BCUT2D eigenvalue weighted by atomic mass is 32.1. The van der Waals surface area contributed by atoms with Crippen LogP contribution in [0.15, 0.2) is 34.7 Å². The van der Waals surface area contributed by atoms with Crippen molar-refractivity contribution < 1.29 is 9.53 Å². The van der Waals surface area contributed by atoms with Crippen LogP contribution in [0.2, 0.25) is 0 Å². The summed E-state index contributed by atoms with van der Waals surface area (Å²) >= 11 is 1.45. The smallest absolute Gasteiger partial charge is 0.263 e. The molecule has 3 heterocycles. The maximum atomic E-state index is 13.2. The van der Waals surface area contributed by atoms with Gasteiger partial charge in [-0.3, -0.25) is 14.2 Å². The summed E-state index contributed by atoms with van der Waals surface area (Å²) in [5.74, 6) is -0.0821. The molecule has 1 saturated heterocycles. The zero-order valence-corrected chi connectivity index (χ0v) is 17.1. The number of ether oxygens (including phenoxy) is 1. The second-order valence-electron chi connectivity index (χ2n) is 7.33. The first kappa shape index (κ1) is 18.8. The van der Waals surface area contributed by atoms with Crippen LogP contribution >= 0.6 is 11.3 Å². The third-order valence-electron chi connectivity index (χ3n) is 5.28. The van der Waals surface area contributed by atoms with Gasteiger partial charge in [0, 0.05) is 24.0 Å². The molecule has 0 bridgehead atoms. The SMILES string of the molecule is Cc1ccc(-c2csc3ncn(CC(=O)N4CCOC(C)C4)c(=O)c23)cc1C. The highest BCUT2D eigenvalue weighted by Gasteiger charge is 2.22. The molecule has 1 atom stereocenters. The first-order valence-electron chi connectivity index (χ1n) is 9.37. The molecule has 1 aliphatic rings. The standard InChI is InChI=1S/C21H23N3O3S/c1-13-4-5-16(8-14(13)2)17-11-28-20-19(17)21(26)24(12-22-20)10-18(25)23-6-7-27-15(3)9-23/h4-5,8,11-12,15H,6-7,9-10H2,1-3H3. The molecule has 1 amide bonds. The largest absolute Gasteiger partial charge is 0.375 e. The Bertz CT molecular complexity index is 1100. The van der Waals surface area contributed by atoms with Crippen LogP contribution in [0.1, 0.15) is 18.1 Å². The van der Waals surface area contributed by atoms with Gasteiger partial charge in [0.05, 0.1) is 24.4 Å². The normalized spacial score (nSPS) is 17.2. The lowest BCUT2D eigenvalue weighted by molar-refractivity contribution is -0.138. The number of amides is 1. The van der Waals surface area contributed by atoms with Gasteiger partial charge in [0.2, 0.25) is 5.91 Å². The van der Waals surface area contributed by atoms with E-state index in [0.717, 1.165) is 11.1 Å². The van der Waals surface area contributed by atoms with Crippen molar-refractivity contribution in [2.24, 2.45) is 0 Å². The van der Waals surface area contributed by atoms with Crippen molar-refractivity contribution >= 4 is 27.5 Å². The van der Waals surface area contributed by atoms with Crippen LogP contribution < -0.4 is 5.56 Å². The summed E-state index contributed by atoms with van der Waals surface area (Å²) in [6.45, 7) is 7.70. The average molecular weight is 398 g/mol. The molecule has 146 valence electrons. The van der Waals surface area contributed by atoms with Crippen LogP contribution in [0.4, 0.5) is 0 Å². The molecule has 6 nitrogen and oxygen atoms in total. The lowest BCUT2D eigenvalue weighted by Crippen LogP contribution is -2.46. The molecule has 0 aliphatic carbocycles. The number of carbonyl (C=O) groups excluding carboxylic acids is 1. The number of morpholine rings is 1. The Balaban J connectivity index is 1.69. The van der Waals surface area contributed by atoms with Gasteiger partial charge in [-0.25, -0.2) is 4.98 Å². The number of carbonyl (C=O) groups is 1. The molecular formula is C21H23N3O3S. The van der Waals surface area contributed by atoms with Gasteiger partial charge in [0.25, 0.3) is 5.56 Å². The second-order valence-corrected chi connectivity index (χ2v) is 8.19. The van der Waals surface area contributed by atoms with Gasteiger partial charge in [0.1, 0.15) is 11.4 Å². The summed E-state index contributed by atoms with van der Waals surface area (Å²) in [5, 5.41) is 2.55. The number of fused-ring (bicyclic) bond motifs is 1. The van der Waals surface area contributed by atoms with Crippen molar-refractivity contribution in [3.8, 4) is 11.1 Å². The predicted octanol–water partition coefficient (Wildman–Crippen LogP) is 2.99. The Hall–Kier alpha value is -2.51. The third kappa shape index (κ3) is 3.47. The van der Waals surface area contributed by atoms with E-state index in [1.807, 2.05) is 18.4 Å². The van der Waals surface area contributed by atoms with Gasteiger partial charge < -0.3 is 9.64 Å². The van der Waals surface area contributed by atoms with Crippen molar-refractivity contribution in [3.05, 3.63) is 51.4 Å². The zero-order chi connectivity index (χ0) is 19.8. The van der Waals surface area contributed by atoms with Crippen molar-refractivity contribution in [1.82, 2.24) is 14.5 Å². The molecule has 3 aromatic rings. The summed E-state index contributed by atoms with van der Waals surface area (Å²) in [7, 11) is 0. The van der Waals surface area contributed by atoms with E-state index in [2.05, 4.69) is 31.0 Å². The Labute approximate surface area is 167 Å². The second kappa shape index (κ2) is 7.48. The van der Waals surface area contributed by atoms with Crippen LogP contribution in [0, 0.1) is 13.8 Å². The van der Waals surface area contributed by atoms with Crippen LogP contribution in [0.3, 0.4) is 0 Å². The minimum atomic E-state index is -0.172. The molecule has 0 N–H and O–H groups in total. The van der Waals surface area contributed by atoms with Gasteiger partial charge in [-0.15, -0.1) is 11.3 Å². The fraction of sp³-hybridized carbons (Fsp3) is 0.381. The van der Waals surface area contributed by atoms with Crippen molar-refractivity contribution in [3.63, 3.8) is 0 Å². The van der Waals surface area contributed by atoms with E-state index in [9.17, 15) is 9.59 Å². The molecule has 0 radical (unpaired) electrons. The Morgan fingerprint density at radius 2 is 2.14 bits per heavy atom. The number of benzene rings is 1. The first-order valence-corrected chi connectivity index (χ1v) is 10.3. The van der Waals surface area contributed by atoms with E-state index in [1.54, 1.807) is 4.90 Å². The lowest BCUT2D eigenvalue weighted by atomic mass is 10.0. The molecule has 4 rings (SSSR count). The van der Waals surface area contributed by atoms with Crippen LogP contribution in [-0.4, -0.2) is 46.2 Å². The maximum absolute atomic E-state index is 13.2. The van der Waals surface area contributed by atoms with Crippen LogP contribution in [0.5, 0.6) is 0 Å². The van der Waals surface area contributed by atoms with E-state index in [4.69, 9.17) is 4.74 Å². The number of thiophene rings is 1. The Morgan fingerprint density at radius 3 is 2.89 bits per heavy atom. The zero-order valence-electron chi connectivity index (χ0n) is 16.3. The Kier molecular flexibility index (Phi) is 5.03. The fourth-order valence-corrected chi connectivity index (χ4v) is 4.40. The van der Waals surface area contributed by atoms with Gasteiger partial charge in [-0.2, -0.15) is 0 Å². The molecule has 1 aliphatic heterocycles. The lowest BCUT2D eigenvalue weighted by Gasteiger charge is -2.31. The number of aromatic nitrogens is 2. The van der Waals surface area contributed by atoms with Crippen molar-refractivity contribution in [1.29, 1.82) is 0 Å². The number of hydrogen-bond donors (Lipinski definition) is 0. The number of nitrogens with zero attached hydrogens (tertiary/aromatic N) is 3. The highest BCUT2D eigenvalue weighted by Crippen LogP contribution is 2.31. The minimum absolute atomic E-state index is 0.00327. The molecule has 1 unspecified atom stereocenters. The molecule has 7 heteroatoms. The van der Waals surface area contributed by atoms with Gasteiger partial charge in [-0.05, 0) is 37.5 Å². The number of aryl methyl sites for hydroxylation is 2. The molecule has 1 fully saturated rings. The summed E-state index contributed by atoms with van der Waals surface area (Å²) in [6.07, 6.45) is 1.50. The predicted molar refractivity (Wildman–Crippen MR) is 111 cm³/mol. The van der Waals surface area contributed by atoms with Crippen molar-refractivity contribution in [2.45, 2.75) is 33.4 Å². The monoisotopic (exact) mass is 397 g/mol. The molecule has 2 aromatic heterocycles. The quantitative estimate of drug-likeness (QED) is 0.682. The summed E-state index contributed by atoms with van der Waals surface area (Å²) in [6, 6.07) is 6.18. The van der Waals surface area contributed by atoms with E-state index in [-0.39, 0.29) is 24.1 Å². The first-order chi connectivity index (χ1) is 13.4. The fourth-order valence-electron chi connectivity index (χ4n) is 3.49. The Morgan fingerprint density at radius 1 is 1.32 bits per heavy atom. The molecule has 0 saturated carbocycles. The summed E-state index contributed by atoms with van der Waals surface area (Å²) in [5.41, 5.74) is 4.10. The number of rotatable bonds is 3. The maximum Gasteiger partial charge on any atom is 0.263 e. The third-order valence-corrected chi connectivity index (χ3v) is 6.16. The van der Waals surface area contributed by atoms with Gasteiger partial charge in [0.15, 0.2) is 0 Å². The van der Waals surface area contributed by atoms with Crippen LogP contribution in [0.25, 0.3) is 21.3 Å². The molecule has 28 heavy (non-hydrogen) atoms. The molecule has 0 spiro atoms. The average Bonchev–Trinajstić information content (AvgIpc) is 3.11. The van der Waals surface area contributed by atoms with E-state index in [1.165, 1.54) is 33.4 Å². The van der Waals surface area contributed by atoms with E-state index < -0.39 is 0 Å². The molecule has 1 aromatic carbocycles. The van der Waals surface area contributed by atoms with Gasteiger partial charge >= 0.3 is 0 Å². The molecular weight excluding hydrogens is 374 g/mol. The highest BCUT2D eigenvalue weighted by molar-refractivity contribution is 7.17. The van der Waals surface area contributed by atoms with Gasteiger partial charge in [-0.1, -0.05) is 18.2 Å². The van der Waals surface area contributed by atoms with Crippen LogP contribution in [-0.2, 0) is 16.1 Å². The van der Waals surface area contributed by atoms with E-state index in [0.29, 0.717) is 29.9 Å². The number of hydrogen-bond acceptors (Lipinski definition) is 5. The topological polar surface area (TPSA) is 64.4 Å². The summed E-state index contributed by atoms with van der Waals surface area (Å²) in [4.78, 5) is 32.7. The minimum Gasteiger partial charge on any atom is -0.375 e. The van der Waals surface area contributed by atoms with E-state index >= 15 is 0 Å².